The maximum absolute atomic E-state index is 13.6. The average Bonchev–Trinajstić information content (AvgIpc) is 2.77. The van der Waals surface area contributed by atoms with Crippen LogP contribution in [0.2, 0.25) is 0 Å². The van der Waals surface area contributed by atoms with Crippen molar-refractivity contribution in [3.63, 3.8) is 0 Å². The second-order valence-electron chi connectivity index (χ2n) is 5.87. The Labute approximate surface area is 159 Å². The van der Waals surface area contributed by atoms with E-state index in [1.165, 1.54) is 0 Å². The van der Waals surface area contributed by atoms with Crippen molar-refractivity contribution in [2.75, 3.05) is 27.4 Å². The first-order chi connectivity index (χ1) is 13.4. The van der Waals surface area contributed by atoms with Gasteiger partial charge in [-0.15, -0.1) is 0 Å². The highest BCUT2D eigenvalue weighted by molar-refractivity contribution is 5.35. The molecule has 0 saturated heterocycles. The maximum atomic E-state index is 13.6. The van der Waals surface area contributed by atoms with E-state index in [9.17, 15) is 52.7 Å². The number of hydrogen-bond acceptors (Lipinski definition) is 4. The van der Waals surface area contributed by atoms with E-state index < -0.39 is 71.8 Å². The Kier molecular flexibility index (Phi) is 5.36. The van der Waals surface area contributed by atoms with Crippen molar-refractivity contribution in [2.45, 2.75) is 35.5 Å². The monoisotopic (exact) mass is 470 g/mol. The molecule has 30 heavy (non-hydrogen) atoms. The molecule has 0 aromatic rings. The minimum atomic E-state index is -5.99. The van der Waals surface area contributed by atoms with Crippen LogP contribution in [-0.4, -0.2) is 63.0 Å². The molecule has 2 aliphatic rings. The Morgan fingerprint density at radius 3 is 0.933 bits per heavy atom. The molecule has 0 aromatic carbocycles. The van der Waals surface area contributed by atoms with Gasteiger partial charge in [-0.1, -0.05) is 0 Å². The Balaban J connectivity index is 2.22. The first-order valence-corrected chi connectivity index (χ1v) is 7.48. The Morgan fingerprint density at radius 2 is 0.700 bits per heavy atom. The van der Waals surface area contributed by atoms with Crippen molar-refractivity contribution in [1.29, 1.82) is 0 Å². The van der Waals surface area contributed by atoms with E-state index in [4.69, 9.17) is 0 Å². The van der Waals surface area contributed by atoms with Crippen LogP contribution in [0.1, 0.15) is 0 Å². The number of ether oxygens (including phenoxy) is 4. The highest BCUT2D eigenvalue weighted by Gasteiger charge is 2.84. The van der Waals surface area contributed by atoms with Gasteiger partial charge in [0.15, 0.2) is 0 Å². The van der Waals surface area contributed by atoms with Gasteiger partial charge in [0.25, 0.3) is 0 Å². The van der Waals surface area contributed by atoms with Crippen LogP contribution in [0, 0.1) is 0 Å². The van der Waals surface area contributed by atoms with Crippen molar-refractivity contribution in [3.05, 3.63) is 23.0 Å². The average molecular weight is 470 g/mol. The number of halogens is 12. The molecule has 0 saturated carbocycles. The first-order valence-electron chi connectivity index (χ1n) is 7.48. The molecule has 0 amide bonds. The Bertz CT molecular complexity index is 707. The lowest BCUT2D eigenvalue weighted by Gasteiger charge is -2.24. The largest absolute Gasteiger partial charge is 0.492 e. The van der Waals surface area contributed by atoms with E-state index >= 15 is 0 Å². The van der Waals surface area contributed by atoms with Gasteiger partial charge in [0.05, 0.1) is 14.2 Å². The smallest absolute Gasteiger partial charge is 0.387 e. The lowest BCUT2D eigenvalue weighted by Crippen LogP contribution is -2.49. The van der Waals surface area contributed by atoms with Crippen LogP contribution in [0.15, 0.2) is 23.0 Å². The summed E-state index contributed by atoms with van der Waals surface area (Å²) in [5.41, 5.74) is 0. The molecule has 2 aliphatic carbocycles. The van der Waals surface area contributed by atoms with E-state index in [1.54, 1.807) is 0 Å². The normalized spacial score (nSPS) is 27.3. The number of allylic oxidation sites excluding steroid dienone is 4. The summed E-state index contributed by atoms with van der Waals surface area (Å²) >= 11 is 0. The lowest BCUT2D eigenvalue weighted by molar-refractivity contribution is -0.277. The quantitative estimate of drug-likeness (QED) is 0.404. The molecule has 16 heteroatoms. The Morgan fingerprint density at radius 1 is 0.467 bits per heavy atom. The molecule has 0 bridgehead atoms. The number of alkyl halides is 12. The van der Waals surface area contributed by atoms with E-state index in [0.717, 1.165) is 0 Å². The summed E-state index contributed by atoms with van der Waals surface area (Å²) in [4.78, 5) is 0. The second kappa shape index (κ2) is 6.67. The topological polar surface area (TPSA) is 36.9 Å². The molecule has 0 fully saturated rings. The minimum Gasteiger partial charge on any atom is -0.492 e. The molecule has 0 radical (unpaired) electrons. The standard InChI is InChI=1S/C14H10F12O4/c1-27-5-7(11(19,20)13(23,24)9(5,15)16)29-3-4-30-8-6(28-2)10(17,18)14(25,26)12(8,21)22/h3-4H2,1-2H3. The molecule has 174 valence electrons. The zero-order chi connectivity index (χ0) is 23.6. The van der Waals surface area contributed by atoms with Gasteiger partial charge in [0.2, 0.25) is 23.0 Å². The van der Waals surface area contributed by atoms with Crippen molar-refractivity contribution in [1.82, 2.24) is 0 Å². The third-order valence-corrected chi connectivity index (χ3v) is 4.11. The molecule has 0 aliphatic heterocycles. The minimum absolute atomic E-state index is 0.333. The number of rotatable bonds is 7. The number of methoxy groups -OCH3 is 2. The van der Waals surface area contributed by atoms with Crippen LogP contribution in [-0.2, 0) is 18.9 Å². The van der Waals surface area contributed by atoms with Gasteiger partial charge in [-0.25, -0.2) is 0 Å². The summed E-state index contributed by atoms with van der Waals surface area (Å²) in [6.45, 7) is -3.00. The van der Waals surface area contributed by atoms with Gasteiger partial charge < -0.3 is 18.9 Å². The SMILES string of the molecule is COC1=C(OCCOC2=C(OC)C(F)(F)C(F)(F)C2(F)F)C(F)(F)C(F)(F)C1(F)F. The lowest BCUT2D eigenvalue weighted by atomic mass is 10.1. The summed E-state index contributed by atoms with van der Waals surface area (Å²) in [6, 6.07) is 0. The third-order valence-electron chi connectivity index (χ3n) is 4.11. The van der Waals surface area contributed by atoms with Gasteiger partial charge in [-0.05, 0) is 0 Å². The van der Waals surface area contributed by atoms with Gasteiger partial charge >= 0.3 is 35.5 Å². The first kappa shape index (κ1) is 24.1. The fourth-order valence-corrected chi connectivity index (χ4v) is 2.58. The molecule has 0 unspecified atom stereocenters. The van der Waals surface area contributed by atoms with Gasteiger partial charge in [0, 0.05) is 0 Å². The van der Waals surface area contributed by atoms with Crippen LogP contribution < -0.4 is 0 Å². The predicted octanol–water partition coefficient (Wildman–Crippen LogP) is 4.57. The highest BCUT2D eigenvalue weighted by Crippen LogP contribution is 2.60. The van der Waals surface area contributed by atoms with E-state index in [2.05, 4.69) is 18.9 Å². The fraction of sp³-hybridized carbons (Fsp3) is 0.714. The molecule has 0 N–H and O–H groups in total. The Hall–Kier alpha value is -2.16. The molecule has 0 aromatic heterocycles. The second-order valence-corrected chi connectivity index (χ2v) is 5.87. The van der Waals surface area contributed by atoms with E-state index in [0.29, 0.717) is 14.2 Å². The summed E-state index contributed by atoms with van der Waals surface area (Å²) in [5, 5.41) is 0. The van der Waals surface area contributed by atoms with Gasteiger partial charge in [-0.3, -0.25) is 0 Å². The number of hydrogen-bond donors (Lipinski definition) is 0. The molecule has 0 heterocycles. The van der Waals surface area contributed by atoms with Crippen molar-refractivity contribution in [3.8, 4) is 0 Å². The predicted molar refractivity (Wildman–Crippen MR) is 69.7 cm³/mol. The molecule has 2 rings (SSSR count). The molecular weight excluding hydrogens is 460 g/mol. The van der Waals surface area contributed by atoms with Crippen molar-refractivity contribution >= 4 is 0 Å². The highest BCUT2D eigenvalue weighted by atomic mass is 19.4. The van der Waals surface area contributed by atoms with Gasteiger partial charge in [-0.2, -0.15) is 52.7 Å². The van der Waals surface area contributed by atoms with Crippen LogP contribution in [0.5, 0.6) is 0 Å². The van der Waals surface area contributed by atoms with Crippen LogP contribution in [0.4, 0.5) is 52.7 Å². The summed E-state index contributed by atoms with van der Waals surface area (Å²) in [7, 11) is 0.666. The van der Waals surface area contributed by atoms with Crippen LogP contribution >= 0.6 is 0 Å². The van der Waals surface area contributed by atoms with Crippen LogP contribution in [0.3, 0.4) is 0 Å². The molecule has 4 nitrogen and oxygen atoms in total. The molecule has 0 spiro atoms. The fourth-order valence-electron chi connectivity index (χ4n) is 2.58. The van der Waals surface area contributed by atoms with Crippen molar-refractivity contribution < 1.29 is 71.6 Å². The summed E-state index contributed by atoms with van der Waals surface area (Å²) in [6.07, 6.45) is 0. The third kappa shape index (κ3) is 2.70. The maximum Gasteiger partial charge on any atom is 0.387 e. The van der Waals surface area contributed by atoms with E-state index in [-0.39, 0.29) is 0 Å². The zero-order valence-electron chi connectivity index (χ0n) is 14.6. The summed E-state index contributed by atoms with van der Waals surface area (Å²) in [5.74, 6) is -43.6. The molecular formula is C14H10F12O4. The van der Waals surface area contributed by atoms with Crippen molar-refractivity contribution in [2.24, 2.45) is 0 Å². The molecule has 0 atom stereocenters. The van der Waals surface area contributed by atoms with Gasteiger partial charge in [0.1, 0.15) is 13.2 Å². The zero-order valence-corrected chi connectivity index (χ0v) is 14.6. The summed E-state index contributed by atoms with van der Waals surface area (Å²) < 4.78 is 177. The van der Waals surface area contributed by atoms with Crippen LogP contribution in [0.25, 0.3) is 0 Å². The van der Waals surface area contributed by atoms with E-state index in [1.807, 2.05) is 0 Å².